The number of anilines is 1. The zero-order valence-electron chi connectivity index (χ0n) is 9.99. The van der Waals surface area contributed by atoms with E-state index >= 15 is 0 Å². The molecule has 0 aliphatic heterocycles. The summed E-state index contributed by atoms with van der Waals surface area (Å²) in [7, 11) is 0. The van der Waals surface area contributed by atoms with Gasteiger partial charge in [0.1, 0.15) is 11.6 Å². The van der Waals surface area contributed by atoms with Crippen molar-refractivity contribution in [1.29, 1.82) is 0 Å². The van der Waals surface area contributed by atoms with Crippen molar-refractivity contribution in [2.45, 2.75) is 32.7 Å². The molecule has 0 aromatic carbocycles. The second-order valence-electron chi connectivity index (χ2n) is 4.02. The monoisotopic (exact) mass is 225 g/mol. The van der Waals surface area contributed by atoms with Crippen LogP contribution in [0.2, 0.25) is 0 Å². The largest absolute Gasteiger partial charge is 0.394 e. The minimum Gasteiger partial charge on any atom is -0.394 e. The molecule has 0 fully saturated rings. The molecule has 5 heteroatoms. The lowest BCUT2D eigenvalue weighted by atomic mass is 9.98. The molecule has 0 unspecified atom stereocenters. The Hall–Kier alpha value is -1.20. The highest BCUT2D eigenvalue weighted by molar-refractivity contribution is 5.39. The average molecular weight is 225 g/mol. The van der Waals surface area contributed by atoms with Gasteiger partial charge in [-0.05, 0) is 20.3 Å². The summed E-state index contributed by atoms with van der Waals surface area (Å²) < 4.78 is 0. The van der Waals surface area contributed by atoms with Gasteiger partial charge in [-0.3, -0.25) is 0 Å². The third kappa shape index (κ3) is 2.90. The standard InChI is InChI=1S/C11H19N3O2/c1-4-11(6-15,7-16)14-10-5-8(2)12-9(3)13-10/h5,15-16H,4,6-7H2,1-3H3,(H,12,13,14). The summed E-state index contributed by atoms with van der Waals surface area (Å²) in [5.41, 5.74) is 0.142. The van der Waals surface area contributed by atoms with Gasteiger partial charge >= 0.3 is 0 Å². The molecular weight excluding hydrogens is 206 g/mol. The summed E-state index contributed by atoms with van der Waals surface area (Å²) in [6.45, 7) is 5.32. The molecular formula is C11H19N3O2. The molecule has 3 N–H and O–H groups in total. The number of aliphatic hydroxyl groups excluding tert-OH is 2. The molecule has 1 heterocycles. The topological polar surface area (TPSA) is 78.3 Å². The van der Waals surface area contributed by atoms with Crippen LogP contribution >= 0.6 is 0 Å². The molecule has 0 aliphatic carbocycles. The fraction of sp³-hybridized carbons (Fsp3) is 0.636. The number of rotatable bonds is 5. The molecule has 0 saturated carbocycles. The second kappa shape index (κ2) is 5.23. The number of nitrogens with zero attached hydrogens (tertiary/aromatic N) is 2. The molecule has 0 atom stereocenters. The Morgan fingerprint density at radius 1 is 1.25 bits per heavy atom. The minimum atomic E-state index is -0.715. The van der Waals surface area contributed by atoms with Crippen molar-refractivity contribution in [1.82, 2.24) is 9.97 Å². The summed E-state index contributed by atoms with van der Waals surface area (Å²) in [6.07, 6.45) is 0.613. The number of nitrogens with one attached hydrogen (secondary N) is 1. The van der Waals surface area contributed by atoms with Crippen molar-refractivity contribution in [3.05, 3.63) is 17.6 Å². The molecule has 90 valence electrons. The van der Waals surface area contributed by atoms with Crippen LogP contribution in [0.1, 0.15) is 24.9 Å². The Labute approximate surface area is 95.6 Å². The molecule has 0 amide bonds. The van der Waals surface area contributed by atoms with Gasteiger partial charge in [0.2, 0.25) is 0 Å². The lowest BCUT2D eigenvalue weighted by Gasteiger charge is -2.30. The summed E-state index contributed by atoms with van der Waals surface area (Å²) in [6, 6.07) is 1.79. The van der Waals surface area contributed by atoms with E-state index in [-0.39, 0.29) is 13.2 Å². The van der Waals surface area contributed by atoms with E-state index < -0.39 is 5.54 Å². The molecule has 0 aliphatic rings. The Kier molecular flexibility index (Phi) is 4.20. The maximum atomic E-state index is 9.31. The van der Waals surface area contributed by atoms with E-state index in [0.29, 0.717) is 18.1 Å². The van der Waals surface area contributed by atoms with E-state index in [4.69, 9.17) is 0 Å². The lowest BCUT2D eigenvalue weighted by molar-refractivity contribution is 0.132. The SMILES string of the molecule is CCC(CO)(CO)Nc1cc(C)nc(C)n1. The van der Waals surface area contributed by atoms with Crippen LogP contribution in [0.3, 0.4) is 0 Å². The van der Waals surface area contributed by atoms with Crippen LogP contribution in [0.5, 0.6) is 0 Å². The van der Waals surface area contributed by atoms with Gasteiger partial charge in [-0.25, -0.2) is 9.97 Å². The van der Waals surface area contributed by atoms with E-state index in [0.717, 1.165) is 5.69 Å². The lowest BCUT2D eigenvalue weighted by Crippen LogP contribution is -2.45. The number of hydrogen-bond donors (Lipinski definition) is 3. The molecule has 0 bridgehead atoms. The van der Waals surface area contributed by atoms with Gasteiger partial charge in [0.15, 0.2) is 0 Å². The van der Waals surface area contributed by atoms with Gasteiger partial charge in [-0.1, -0.05) is 6.92 Å². The highest BCUT2D eigenvalue weighted by Crippen LogP contribution is 2.17. The smallest absolute Gasteiger partial charge is 0.130 e. The average Bonchev–Trinajstić information content (AvgIpc) is 2.25. The molecule has 0 spiro atoms. The molecule has 0 radical (unpaired) electrons. The van der Waals surface area contributed by atoms with Gasteiger partial charge in [-0.15, -0.1) is 0 Å². The first kappa shape index (κ1) is 12.9. The van der Waals surface area contributed by atoms with Crippen LogP contribution in [0, 0.1) is 13.8 Å². The summed E-state index contributed by atoms with van der Waals surface area (Å²) in [5.74, 6) is 1.30. The zero-order chi connectivity index (χ0) is 12.2. The summed E-state index contributed by atoms with van der Waals surface area (Å²) >= 11 is 0. The molecule has 16 heavy (non-hydrogen) atoms. The summed E-state index contributed by atoms with van der Waals surface area (Å²) in [4.78, 5) is 8.38. The predicted molar refractivity (Wildman–Crippen MR) is 62.3 cm³/mol. The summed E-state index contributed by atoms with van der Waals surface area (Å²) in [5, 5.41) is 21.7. The Bertz CT molecular complexity index is 323. The maximum Gasteiger partial charge on any atom is 0.130 e. The number of aryl methyl sites for hydroxylation is 2. The van der Waals surface area contributed by atoms with E-state index in [1.54, 1.807) is 6.07 Å². The van der Waals surface area contributed by atoms with Crippen molar-refractivity contribution in [3.8, 4) is 0 Å². The van der Waals surface area contributed by atoms with E-state index in [1.807, 2.05) is 20.8 Å². The third-order valence-electron chi connectivity index (χ3n) is 2.64. The fourth-order valence-electron chi connectivity index (χ4n) is 1.49. The van der Waals surface area contributed by atoms with Crippen LogP contribution in [0.15, 0.2) is 6.07 Å². The molecule has 0 saturated heterocycles. The Morgan fingerprint density at radius 2 is 1.88 bits per heavy atom. The molecule has 1 rings (SSSR count). The van der Waals surface area contributed by atoms with Crippen LogP contribution in [0.4, 0.5) is 5.82 Å². The van der Waals surface area contributed by atoms with Crippen molar-refractivity contribution in [3.63, 3.8) is 0 Å². The molecule has 5 nitrogen and oxygen atoms in total. The highest BCUT2D eigenvalue weighted by atomic mass is 16.3. The van der Waals surface area contributed by atoms with Gasteiger partial charge in [0.25, 0.3) is 0 Å². The second-order valence-corrected chi connectivity index (χ2v) is 4.02. The Morgan fingerprint density at radius 3 is 2.31 bits per heavy atom. The quantitative estimate of drug-likeness (QED) is 0.685. The normalized spacial score (nSPS) is 11.6. The zero-order valence-corrected chi connectivity index (χ0v) is 9.99. The van der Waals surface area contributed by atoms with E-state index in [2.05, 4.69) is 15.3 Å². The van der Waals surface area contributed by atoms with Crippen molar-refractivity contribution < 1.29 is 10.2 Å². The molecule has 1 aromatic rings. The minimum absolute atomic E-state index is 0.137. The van der Waals surface area contributed by atoms with Gasteiger partial charge in [-0.2, -0.15) is 0 Å². The predicted octanol–water partition coefficient (Wildman–Crippen LogP) is 0.639. The highest BCUT2D eigenvalue weighted by Gasteiger charge is 2.26. The van der Waals surface area contributed by atoms with Crippen molar-refractivity contribution in [2.75, 3.05) is 18.5 Å². The van der Waals surface area contributed by atoms with Gasteiger partial charge in [0.05, 0.1) is 18.8 Å². The first-order valence-corrected chi connectivity index (χ1v) is 5.37. The van der Waals surface area contributed by atoms with Crippen LogP contribution in [0.25, 0.3) is 0 Å². The number of aliphatic hydroxyl groups is 2. The van der Waals surface area contributed by atoms with Crippen molar-refractivity contribution >= 4 is 5.82 Å². The fourth-order valence-corrected chi connectivity index (χ4v) is 1.49. The number of aromatic nitrogens is 2. The van der Waals surface area contributed by atoms with Crippen LogP contribution < -0.4 is 5.32 Å². The molecule has 1 aromatic heterocycles. The Balaban J connectivity index is 2.93. The first-order valence-electron chi connectivity index (χ1n) is 5.37. The van der Waals surface area contributed by atoms with E-state index in [9.17, 15) is 10.2 Å². The maximum absolute atomic E-state index is 9.31. The van der Waals surface area contributed by atoms with Gasteiger partial charge < -0.3 is 15.5 Å². The van der Waals surface area contributed by atoms with Crippen LogP contribution in [-0.4, -0.2) is 38.9 Å². The number of hydrogen-bond acceptors (Lipinski definition) is 5. The van der Waals surface area contributed by atoms with E-state index in [1.165, 1.54) is 0 Å². The van der Waals surface area contributed by atoms with Crippen LogP contribution in [-0.2, 0) is 0 Å². The van der Waals surface area contributed by atoms with Crippen molar-refractivity contribution in [2.24, 2.45) is 0 Å². The first-order chi connectivity index (χ1) is 7.55. The third-order valence-corrected chi connectivity index (χ3v) is 2.64. The van der Waals surface area contributed by atoms with Gasteiger partial charge in [0, 0.05) is 11.8 Å².